The highest BCUT2D eigenvalue weighted by atomic mass is 32.2. The fraction of sp³-hybridized carbons (Fsp3) is 0.100. The van der Waals surface area contributed by atoms with Crippen molar-refractivity contribution in [3.8, 4) is 16.9 Å². The fourth-order valence-electron chi connectivity index (χ4n) is 2.73. The summed E-state index contributed by atoms with van der Waals surface area (Å²) in [5, 5.41) is 9.45. The fourth-order valence-corrected chi connectivity index (χ4v) is 3.86. The van der Waals surface area contributed by atoms with Crippen LogP contribution in [-0.2, 0) is 10.0 Å². The van der Waals surface area contributed by atoms with Gasteiger partial charge in [-0.1, -0.05) is 18.2 Å². The minimum atomic E-state index is -3.72. The predicted molar refractivity (Wildman–Crippen MR) is 105 cm³/mol. The predicted octanol–water partition coefficient (Wildman–Crippen LogP) is 4.06. The lowest BCUT2D eigenvalue weighted by molar-refractivity contribution is 0.475. The van der Waals surface area contributed by atoms with Crippen molar-refractivity contribution in [2.24, 2.45) is 0 Å². The zero-order valence-corrected chi connectivity index (χ0v) is 15.3. The summed E-state index contributed by atoms with van der Waals surface area (Å²) in [7, 11) is -3.72. The van der Waals surface area contributed by atoms with Crippen molar-refractivity contribution in [3.63, 3.8) is 0 Å². The first-order chi connectivity index (χ1) is 12.3. The molecule has 0 radical (unpaired) electrons. The summed E-state index contributed by atoms with van der Waals surface area (Å²) in [6.07, 6.45) is 0. The second-order valence-corrected chi connectivity index (χ2v) is 7.89. The van der Waals surface area contributed by atoms with Gasteiger partial charge in [-0.2, -0.15) is 0 Å². The van der Waals surface area contributed by atoms with Crippen LogP contribution in [0.3, 0.4) is 0 Å². The lowest BCUT2D eigenvalue weighted by Gasteiger charge is -2.12. The van der Waals surface area contributed by atoms with Gasteiger partial charge in [-0.25, -0.2) is 8.42 Å². The standard InChI is InChI=1S/C20H20N2O3S/c1-13-3-6-16(21)12-19(13)15-4-8-18(9-5-15)26(24,25)22-20-10-7-17(23)11-14(20)2/h3-12,22-23H,21H2,1-2H3. The number of rotatable bonds is 4. The van der Waals surface area contributed by atoms with Crippen LogP contribution in [0.25, 0.3) is 11.1 Å². The third-order valence-electron chi connectivity index (χ3n) is 4.19. The van der Waals surface area contributed by atoms with Crippen molar-refractivity contribution in [2.75, 3.05) is 10.5 Å². The Hall–Kier alpha value is -2.99. The Labute approximate surface area is 153 Å². The van der Waals surface area contributed by atoms with Crippen molar-refractivity contribution < 1.29 is 13.5 Å². The monoisotopic (exact) mass is 368 g/mol. The molecular formula is C20H20N2O3S. The van der Waals surface area contributed by atoms with E-state index in [0.29, 0.717) is 16.9 Å². The second kappa shape index (κ2) is 6.72. The highest BCUT2D eigenvalue weighted by Crippen LogP contribution is 2.28. The van der Waals surface area contributed by atoms with Gasteiger partial charge in [-0.15, -0.1) is 0 Å². The van der Waals surface area contributed by atoms with Crippen molar-refractivity contribution in [3.05, 3.63) is 71.8 Å². The molecule has 134 valence electrons. The number of benzene rings is 3. The van der Waals surface area contributed by atoms with E-state index in [0.717, 1.165) is 16.7 Å². The molecule has 0 saturated heterocycles. The molecule has 0 heterocycles. The molecule has 0 spiro atoms. The molecular weight excluding hydrogens is 348 g/mol. The summed E-state index contributed by atoms with van der Waals surface area (Å²) < 4.78 is 27.8. The van der Waals surface area contributed by atoms with Gasteiger partial charge >= 0.3 is 0 Å². The molecule has 6 heteroatoms. The number of hydrogen-bond acceptors (Lipinski definition) is 4. The largest absolute Gasteiger partial charge is 0.508 e. The zero-order valence-electron chi connectivity index (χ0n) is 14.5. The summed E-state index contributed by atoms with van der Waals surface area (Å²) in [5.41, 5.74) is 10.5. The van der Waals surface area contributed by atoms with Gasteiger partial charge in [0.1, 0.15) is 5.75 Å². The molecule has 0 unspecified atom stereocenters. The van der Waals surface area contributed by atoms with E-state index in [4.69, 9.17) is 5.73 Å². The molecule has 0 aromatic heterocycles. The Morgan fingerprint density at radius 2 is 1.58 bits per heavy atom. The Morgan fingerprint density at radius 3 is 2.23 bits per heavy atom. The van der Waals surface area contributed by atoms with Gasteiger partial charge < -0.3 is 10.8 Å². The van der Waals surface area contributed by atoms with Crippen molar-refractivity contribution in [1.82, 2.24) is 0 Å². The lowest BCUT2D eigenvalue weighted by atomic mass is 10.0. The van der Waals surface area contributed by atoms with E-state index in [2.05, 4.69) is 4.72 Å². The number of nitrogens with two attached hydrogens (primary N) is 1. The number of nitrogens with one attached hydrogen (secondary N) is 1. The molecule has 3 aromatic rings. The minimum absolute atomic E-state index is 0.0901. The first kappa shape index (κ1) is 17.8. The third kappa shape index (κ3) is 3.65. The molecule has 0 saturated carbocycles. The van der Waals surface area contributed by atoms with Crippen LogP contribution >= 0.6 is 0 Å². The SMILES string of the molecule is Cc1cc(O)ccc1NS(=O)(=O)c1ccc(-c2cc(N)ccc2C)cc1. The van der Waals surface area contributed by atoms with Crippen LogP contribution < -0.4 is 10.5 Å². The molecule has 26 heavy (non-hydrogen) atoms. The van der Waals surface area contributed by atoms with Crippen LogP contribution in [0.5, 0.6) is 5.75 Å². The molecule has 0 fully saturated rings. The Kier molecular flexibility index (Phi) is 4.61. The number of aryl methyl sites for hydroxylation is 2. The van der Waals surface area contributed by atoms with Gasteiger partial charge in [-0.3, -0.25) is 4.72 Å². The maximum absolute atomic E-state index is 12.6. The van der Waals surface area contributed by atoms with Crippen LogP contribution in [0.1, 0.15) is 11.1 Å². The molecule has 0 aliphatic heterocycles. The van der Waals surface area contributed by atoms with E-state index in [-0.39, 0.29) is 10.6 Å². The van der Waals surface area contributed by atoms with E-state index in [1.807, 2.05) is 25.1 Å². The maximum atomic E-state index is 12.6. The molecule has 3 rings (SSSR count). The van der Waals surface area contributed by atoms with E-state index in [9.17, 15) is 13.5 Å². The van der Waals surface area contributed by atoms with Crippen LogP contribution in [-0.4, -0.2) is 13.5 Å². The number of aromatic hydroxyl groups is 1. The van der Waals surface area contributed by atoms with Gasteiger partial charge in [0.15, 0.2) is 0 Å². The van der Waals surface area contributed by atoms with Gasteiger partial charge in [0.05, 0.1) is 10.6 Å². The summed E-state index contributed by atoms with van der Waals surface area (Å²) in [4.78, 5) is 0.162. The van der Waals surface area contributed by atoms with E-state index in [1.54, 1.807) is 31.2 Å². The number of anilines is 2. The molecule has 0 bridgehead atoms. The van der Waals surface area contributed by atoms with Crippen molar-refractivity contribution in [2.45, 2.75) is 18.7 Å². The van der Waals surface area contributed by atoms with Crippen LogP contribution in [0.15, 0.2) is 65.6 Å². The minimum Gasteiger partial charge on any atom is -0.508 e. The second-order valence-electron chi connectivity index (χ2n) is 6.20. The Morgan fingerprint density at radius 1 is 0.885 bits per heavy atom. The number of phenolic OH excluding ortho intramolecular Hbond substituents is 1. The topological polar surface area (TPSA) is 92.4 Å². The highest BCUT2D eigenvalue weighted by molar-refractivity contribution is 7.92. The number of hydrogen-bond donors (Lipinski definition) is 3. The van der Waals surface area contributed by atoms with Gasteiger partial charge in [0.25, 0.3) is 10.0 Å². The Bertz CT molecular complexity index is 1060. The third-order valence-corrected chi connectivity index (χ3v) is 5.57. The molecule has 0 amide bonds. The van der Waals surface area contributed by atoms with Crippen molar-refractivity contribution >= 4 is 21.4 Å². The Balaban J connectivity index is 1.91. The number of nitrogen functional groups attached to an aromatic ring is 1. The van der Waals surface area contributed by atoms with Crippen LogP contribution in [0, 0.1) is 13.8 Å². The molecule has 3 aromatic carbocycles. The van der Waals surface area contributed by atoms with E-state index < -0.39 is 10.0 Å². The van der Waals surface area contributed by atoms with Gasteiger partial charge in [0.2, 0.25) is 0 Å². The summed E-state index contributed by atoms with van der Waals surface area (Å²) in [5.74, 6) is 0.0901. The van der Waals surface area contributed by atoms with Crippen molar-refractivity contribution in [1.29, 1.82) is 0 Å². The zero-order chi connectivity index (χ0) is 18.9. The van der Waals surface area contributed by atoms with E-state index >= 15 is 0 Å². The van der Waals surface area contributed by atoms with Gasteiger partial charge in [0, 0.05) is 5.69 Å². The number of sulfonamides is 1. The summed E-state index contributed by atoms with van der Waals surface area (Å²) >= 11 is 0. The smallest absolute Gasteiger partial charge is 0.261 e. The average molecular weight is 368 g/mol. The quantitative estimate of drug-likeness (QED) is 0.478. The first-order valence-corrected chi connectivity index (χ1v) is 9.53. The molecule has 5 nitrogen and oxygen atoms in total. The summed E-state index contributed by atoms with van der Waals surface area (Å²) in [6.45, 7) is 3.71. The molecule has 4 N–H and O–H groups in total. The molecule has 0 atom stereocenters. The van der Waals surface area contributed by atoms with Crippen LogP contribution in [0.2, 0.25) is 0 Å². The number of phenols is 1. The normalized spacial score (nSPS) is 11.3. The van der Waals surface area contributed by atoms with E-state index in [1.165, 1.54) is 18.2 Å². The van der Waals surface area contributed by atoms with Crippen LogP contribution in [0.4, 0.5) is 11.4 Å². The average Bonchev–Trinajstić information content (AvgIpc) is 2.60. The van der Waals surface area contributed by atoms with Gasteiger partial charge in [-0.05, 0) is 78.6 Å². The lowest BCUT2D eigenvalue weighted by Crippen LogP contribution is -2.13. The first-order valence-electron chi connectivity index (χ1n) is 8.05. The maximum Gasteiger partial charge on any atom is 0.261 e. The molecule has 0 aliphatic carbocycles. The highest BCUT2D eigenvalue weighted by Gasteiger charge is 2.16. The molecule has 0 aliphatic rings. The summed E-state index contributed by atoms with van der Waals surface area (Å²) in [6, 6.07) is 16.8.